The molecule has 0 fully saturated rings. The van der Waals surface area contributed by atoms with Crippen molar-refractivity contribution in [1.29, 1.82) is 0 Å². The van der Waals surface area contributed by atoms with Gasteiger partial charge in [0.2, 0.25) is 0 Å². The highest BCUT2D eigenvalue weighted by molar-refractivity contribution is 7.18. The molecule has 108 valence electrons. The molecule has 2 aromatic heterocycles. The molecule has 0 aliphatic carbocycles. The van der Waals surface area contributed by atoms with Gasteiger partial charge in [-0.15, -0.1) is 11.3 Å². The van der Waals surface area contributed by atoms with Gasteiger partial charge in [-0.3, -0.25) is 0 Å². The average molecular weight is 317 g/mol. The molecule has 3 aromatic rings. The number of aromatic nitrogens is 2. The van der Waals surface area contributed by atoms with E-state index >= 15 is 0 Å². The lowest BCUT2D eigenvalue weighted by Crippen LogP contribution is -2.22. The van der Waals surface area contributed by atoms with E-state index in [1.54, 1.807) is 11.3 Å². The number of hydrogen-bond donors (Lipinski definition) is 0. The molecule has 2 nitrogen and oxygen atoms in total. The molecule has 0 amide bonds. The van der Waals surface area contributed by atoms with Crippen molar-refractivity contribution in [3.05, 3.63) is 57.8 Å². The molecule has 0 radical (unpaired) electrons. The summed E-state index contributed by atoms with van der Waals surface area (Å²) in [5.41, 5.74) is 0.919. The summed E-state index contributed by atoms with van der Waals surface area (Å²) in [4.78, 5) is 11.6. The van der Waals surface area contributed by atoms with Gasteiger partial charge in [-0.05, 0) is 31.9 Å². The van der Waals surface area contributed by atoms with Crippen molar-refractivity contribution in [2.45, 2.75) is 32.6 Å². The summed E-state index contributed by atoms with van der Waals surface area (Å²) in [5.74, 6) is 0.774. The first-order valence-electron chi connectivity index (χ1n) is 7.04. The van der Waals surface area contributed by atoms with Crippen LogP contribution in [0.5, 0.6) is 0 Å². The lowest BCUT2D eigenvalue weighted by molar-refractivity contribution is 0.594. The van der Waals surface area contributed by atoms with E-state index in [0.717, 1.165) is 22.5 Å². The largest absolute Gasteiger partial charge is 0.221 e. The summed E-state index contributed by atoms with van der Waals surface area (Å²) in [6, 6.07) is 12.4. The van der Waals surface area contributed by atoms with Crippen LogP contribution < -0.4 is 0 Å². The normalized spacial score (nSPS) is 12.0. The van der Waals surface area contributed by atoms with Crippen LogP contribution in [0, 0.1) is 0 Å². The first kappa shape index (κ1) is 14.5. The first-order chi connectivity index (χ1) is 10.0. The number of hydrogen-bond acceptors (Lipinski definition) is 3. The lowest BCUT2D eigenvalue weighted by atomic mass is 9.84. The highest BCUT2D eigenvalue weighted by Crippen LogP contribution is 2.34. The second kappa shape index (κ2) is 5.39. The topological polar surface area (TPSA) is 25.8 Å². The Balaban J connectivity index is 2.16. The summed E-state index contributed by atoms with van der Waals surface area (Å²) in [7, 11) is 0. The average Bonchev–Trinajstić information content (AvgIpc) is 2.92. The van der Waals surface area contributed by atoms with Crippen LogP contribution in [-0.4, -0.2) is 9.97 Å². The van der Waals surface area contributed by atoms with Gasteiger partial charge in [0.25, 0.3) is 0 Å². The SMILES string of the molecule is CCc1cc2c(Cl)nc(C(C)(C)c3ccccc3)nc2s1. The molecule has 0 aliphatic heterocycles. The van der Waals surface area contributed by atoms with Crippen molar-refractivity contribution < 1.29 is 0 Å². The predicted molar refractivity (Wildman–Crippen MR) is 90.4 cm³/mol. The molecule has 0 saturated carbocycles. The summed E-state index contributed by atoms with van der Waals surface area (Å²) in [6.07, 6.45) is 0.995. The number of thiophene rings is 1. The lowest BCUT2D eigenvalue weighted by Gasteiger charge is -2.23. The second-order valence-electron chi connectivity index (χ2n) is 5.61. The highest BCUT2D eigenvalue weighted by atomic mass is 35.5. The number of rotatable bonds is 3. The third-order valence-electron chi connectivity index (χ3n) is 3.80. The number of benzene rings is 1. The van der Waals surface area contributed by atoms with E-state index in [9.17, 15) is 0 Å². The van der Waals surface area contributed by atoms with E-state index in [2.05, 4.69) is 44.0 Å². The van der Waals surface area contributed by atoms with Crippen molar-refractivity contribution in [1.82, 2.24) is 9.97 Å². The number of halogens is 1. The summed E-state index contributed by atoms with van der Waals surface area (Å²) < 4.78 is 0. The fourth-order valence-corrected chi connectivity index (χ4v) is 3.62. The molecule has 4 heteroatoms. The zero-order valence-corrected chi connectivity index (χ0v) is 13.9. The highest BCUT2D eigenvalue weighted by Gasteiger charge is 2.27. The van der Waals surface area contributed by atoms with E-state index < -0.39 is 0 Å². The van der Waals surface area contributed by atoms with Gasteiger partial charge in [0.15, 0.2) is 0 Å². The Morgan fingerprint density at radius 3 is 2.52 bits per heavy atom. The first-order valence-corrected chi connectivity index (χ1v) is 8.23. The fraction of sp³-hybridized carbons (Fsp3) is 0.294. The molecule has 0 aliphatic rings. The van der Waals surface area contributed by atoms with Gasteiger partial charge in [0.1, 0.15) is 15.8 Å². The van der Waals surface area contributed by atoms with Crippen molar-refractivity contribution in [2.24, 2.45) is 0 Å². The maximum Gasteiger partial charge on any atom is 0.141 e. The minimum Gasteiger partial charge on any atom is -0.221 e. The van der Waals surface area contributed by atoms with Crippen molar-refractivity contribution in [3.63, 3.8) is 0 Å². The zero-order valence-electron chi connectivity index (χ0n) is 12.4. The van der Waals surface area contributed by atoms with Crippen LogP contribution in [0.1, 0.15) is 37.0 Å². The van der Waals surface area contributed by atoms with Crippen LogP contribution in [0.15, 0.2) is 36.4 Å². The smallest absolute Gasteiger partial charge is 0.141 e. The van der Waals surface area contributed by atoms with Gasteiger partial charge in [0.05, 0.1) is 0 Å². The molecule has 0 N–H and O–H groups in total. The third kappa shape index (κ3) is 2.56. The Labute approximate surface area is 133 Å². The standard InChI is InChI=1S/C17H17ClN2S/c1-4-12-10-13-14(18)19-16(20-15(13)21-12)17(2,3)11-8-6-5-7-9-11/h5-10H,4H2,1-3H3. The Hall–Kier alpha value is -1.45. The molecule has 21 heavy (non-hydrogen) atoms. The Morgan fingerprint density at radius 1 is 1.14 bits per heavy atom. The van der Waals surface area contributed by atoms with Crippen LogP contribution in [0.4, 0.5) is 0 Å². The third-order valence-corrected chi connectivity index (χ3v) is 5.26. The molecule has 0 bridgehead atoms. The van der Waals surface area contributed by atoms with E-state index in [4.69, 9.17) is 16.6 Å². The van der Waals surface area contributed by atoms with Crippen LogP contribution in [0.2, 0.25) is 5.15 Å². The molecular weight excluding hydrogens is 300 g/mol. The summed E-state index contributed by atoms with van der Waals surface area (Å²) in [6.45, 7) is 6.41. The minimum atomic E-state index is -0.268. The number of nitrogens with zero attached hydrogens (tertiary/aromatic N) is 2. The maximum absolute atomic E-state index is 6.38. The quantitative estimate of drug-likeness (QED) is 0.618. The van der Waals surface area contributed by atoms with Crippen LogP contribution in [0.25, 0.3) is 10.2 Å². The number of aryl methyl sites for hydroxylation is 1. The Morgan fingerprint density at radius 2 is 1.86 bits per heavy atom. The van der Waals surface area contributed by atoms with Crippen molar-refractivity contribution in [3.8, 4) is 0 Å². The molecule has 2 heterocycles. The van der Waals surface area contributed by atoms with Crippen LogP contribution >= 0.6 is 22.9 Å². The van der Waals surface area contributed by atoms with E-state index in [-0.39, 0.29) is 5.41 Å². The van der Waals surface area contributed by atoms with Crippen LogP contribution in [0.3, 0.4) is 0 Å². The van der Waals surface area contributed by atoms with E-state index in [0.29, 0.717) is 5.15 Å². The van der Waals surface area contributed by atoms with Gasteiger partial charge in [-0.2, -0.15) is 0 Å². The molecule has 0 unspecified atom stereocenters. The van der Waals surface area contributed by atoms with Gasteiger partial charge in [0, 0.05) is 15.7 Å². The molecule has 1 aromatic carbocycles. The van der Waals surface area contributed by atoms with Crippen molar-refractivity contribution >= 4 is 33.2 Å². The second-order valence-corrected chi connectivity index (χ2v) is 7.09. The van der Waals surface area contributed by atoms with E-state index in [1.165, 1.54) is 10.4 Å². The Bertz CT molecular complexity index is 778. The van der Waals surface area contributed by atoms with Gasteiger partial charge >= 0.3 is 0 Å². The minimum absolute atomic E-state index is 0.268. The van der Waals surface area contributed by atoms with Gasteiger partial charge in [-0.1, -0.05) is 48.9 Å². The monoisotopic (exact) mass is 316 g/mol. The van der Waals surface area contributed by atoms with Crippen molar-refractivity contribution in [2.75, 3.05) is 0 Å². The van der Waals surface area contributed by atoms with E-state index in [1.807, 2.05) is 18.2 Å². The fourth-order valence-electron chi connectivity index (χ4n) is 2.37. The predicted octanol–water partition coefficient (Wildman–Crippen LogP) is 5.23. The van der Waals surface area contributed by atoms with Gasteiger partial charge in [-0.25, -0.2) is 9.97 Å². The van der Waals surface area contributed by atoms with Crippen LogP contribution in [-0.2, 0) is 11.8 Å². The summed E-state index contributed by atoms with van der Waals surface area (Å²) >= 11 is 8.08. The Kier molecular flexibility index (Phi) is 3.72. The molecule has 0 atom stereocenters. The van der Waals surface area contributed by atoms with Gasteiger partial charge < -0.3 is 0 Å². The molecule has 3 rings (SSSR count). The summed E-state index contributed by atoms with van der Waals surface area (Å²) in [5, 5.41) is 1.51. The zero-order chi connectivity index (χ0) is 15.0. The molecule has 0 saturated heterocycles. The molecular formula is C17H17ClN2S. The maximum atomic E-state index is 6.38. The molecule has 0 spiro atoms. The number of fused-ring (bicyclic) bond motifs is 1.